The number of nitrogens with one attached hydrogen (secondary N) is 1. The van der Waals surface area contributed by atoms with Crippen molar-refractivity contribution in [1.82, 2.24) is 4.72 Å². The van der Waals surface area contributed by atoms with Crippen LogP contribution in [0.2, 0.25) is 0 Å². The Morgan fingerprint density at radius 1 is 1.33 bits per heavy atom. The fourth-order valence-corrected chi connectivity index (χ4v) is 4.31. The smallest absolute Gasteiger partial charge is 0.241 e. The van der Waals surface area contributed by atoms with Gasteiger partial charge in [0.2, 0.25) is 10.0 Å². The summed E-state index contributed by atoms with van der Waals surface area (Å²) in [7, 11) is -3.46. The van der Waals surface area contributed by atoms with Gasteiger partial charge < -0.3 is 5.73 Å². The molecule has 0 atom stereocenters. The second kappa shape index (κ2) is 5.19. The van der Waals surface area contributed by atoms with Gasteiger partial charge in [0.1, 0.15) is 0 Å². The molecule has 0 aliphatic heterocycles. The van der Waals surface area contributed by atoms with E-state index in [0.29, 0.717) is 11.3 Å². The maximum absolute atomic E-state index is 12.3. The van der Waals surface area contributed by atoms with E-state index in [9.17, 15) is 8.42 Å². The van der Waals surface area contributed by atoms with E-state index < -0.39 is 10.0 Å². The normalized spacial score (nSPS) is 17.2. The fourth-order valence-electron chi connectivity index (χ4n) is 2.28. The third-order valence-electron chi connectivity index (χ3n) is 3.26. The van der Waals surface area contributed by atoms with Crippen LogP contribution in [-0.2, 0) is 10.0 Å². The number of rotatable bonds is 3. The molecular formula is C12H17BrN2O2S. The van der Waals surface area contributed by atoms with Crippen LogP contribution in [0.4, 0.5) is 5.69 Å². The highest BCUT2D eigenvalue weighted by atomic mass is 79.9. The second-order valence-corrected chi connectivity index (χ2v) is 7.28. The molecule has 0 spiro atoms. The van der Waals surface area contributed by atoms with Crippen LogP contribution >= 0.6 is 15.9 Å². The van der Waals surface area contributed by atoms with Crippen LogP contribution in [0.5, 0.6) is 0 Å². The molecule has 1 saturated carbocycles. The number of benzene rings is 1. The first-order chi connectivity index (χ1) is 8.40. The van der Waals surface area contributed by atoms with Crippen LogP contribution < -0.4 is 10.5 Å². The molecule has 0 amide bonds. The molecule has 6 heteroatoms. The van der Waals surface area contributed by atoms with Gasteiger partial charge in [0.15, 0.2) is 0 Å². The minimum Gasteiger partial charge on any atom is -0.398 e. The number of nitrogen functional groups attached to an aromatic ring is 1. The van der Waals surface area contributed by atoms with Crippen molar-refractivity contribution in [2.75, 3.05) is 5.73 Å². The van der Waals surface area contributed by atoms with E-state index in [4.69, 9.17) is 5.73 Å². The third kappa shape index (κ3) is 2.87. The summed E-state index contributed by atoms with van der Waals surface area (Å²) >= 11 is 3.29. The van der Waals surface area contributed by atoms with E-state index in [-0.39, 0.29) is 10.9 Å². The molecule has 1 aliphatic carbocycles. The highest BCUT2D eigenvalue weighted by Gasteiger charge is 2.24. The minimum absolute atomic E-state index is 0.0688. The van der Waals surface area contributed by atoms with E-state index in [1.165, 1.54) is 6.07 Å². The molecule has 100 valence electrons. The quantitative estimate of drug-likeness (QED) is 0.835. The molecule has 1 aliphatic rings. The third-order valence-corrected chi connectivity index (χ3v) is 5.61. The molecule has 3 N–H and O–H groups in total. The Labute approximate surface area is 116 Å². The van der Waals surface area contributed by atoms with Gasteiger partial charge in [-0.25, -0.2) is 13.1 Å². The largest absolute Gasteiger partial charge is 0.398 e. The first-order valence-electron chi connectivity index (χ1n) is 5.98. The summed E-state index contributed by atoms with van der Waals surface area (Å²) in [5, 5.41) is 0. The van der Waals surface area contributed by atoms with Gasteiger partial charge in [0, 0.05) is 16.2 Å². The van der Waals surface area contributed by atoms with Crippen molar-refractivity contribution in [1.29, 1.82) is 0 Å². The average Bonchev–Trinajstić information content (AvgIpc) is 2.75. The second-order valence-electron chi connectivity index (χ2n) is 4.74. The number of hydrogen-bond acceptors (Lipinski definition) is 3. The molecule has 1 aromatic carbocycles. The Morgan fingerprint density at radius 2 is 1.94 bits per heavy atom. The van der Waals surface area contributed by atoms with Crippen molar-refractivity contribution in [3.8, 4) is 0 Å². The number of halogens is 1. The summed E-state index contributed by atoms with van der Waals surface area (Å²) in [6, 6.07) is 3.31. The summed E-state index contributed by atoms with van der Waals surface area (Å²) in [6.45, 7) is 1.77. The van der Waals surface area contributed by atoms with Gasteiger partial charge in [0.05, 0.1) is 4.90 Å². The predicted molar refractivity (Wildman–Crippen MR) is 75.9 cm³/mol. The summed E-state index contributed by atoms with van der Waals surface area (Å²) in [4.78, 5) is 0.273. The van der Waals surface area contributed by atoms with Gasteiger partial charge in [0.25, 0.3) is 0 Å². The van der Waals surface area contributed by atoms with Crippen molar-refractivity contribution < 1.29 is 8.42 Å². The van der Waals surface area contributed by atoms with Crippen molar-refractivity contribution in [2.24, 2.45) is 0 Å². The zero-order valence-corrected chi connectivity index (χ0v) is 12.6. The Morgan fingerprint density at radius 3 is 2.56 bits per heavy atom. The first-order valence-corrected chi connectivity index (χ1v) is 8.26. The van der Waals surface area contributed by atoms with Crippen LogP contribution in [0.15, 0.2) is 21.5 Å². The topological polar surface area (TPSA) is 72.2 Å². The molecule has 1 fully saturated rings. The number of sulfonamides is 1. The van der Waals surface area contributed by atoms with E-state index in [2.05, 4.69) is 20.7 Å². The molecule has 0 aromatic heterocycles. The predicted octanol–water partition coefficient (Wildman–Crippen LogP) is 2.56. The van der Waals surface area contributed by atoms with Crippen molar-refractivity contribution in [3.63, 3.8) is 0 Å². The van der Waals surface area contributed by atoms with E-state index in [1.807, 2.05) is 0 Å². The highest BCUT2D eigenvalue weighted by Crippen LogP contribution is 2.27. The molecule has 0 unspecified atom stereocenters. The zero-order valence-electron chi connectivity index (χ0n) is 10.2. The standard InChI is InChI=1S/C12H17BrN2O2S/c1-8-6-10(13)11(14)7-12(8)18(16,17)15-9-4-2-3-5-9/h6-7,9,15H,2-5,14H2,1H3. The SMILES string of the molecule is Cc1cc(Br)c(N)cc1S(=O)(=O)NC1CCCC1. The Balaban J connectivity index is 2.31. The summed E-state index contributed by atoms with van der Waals surface area (Å²) in [5.41, 5.74) is 6.89. The lowest BCUT2D eigenvalue weighted by atomic mass is 10.2. The summed E-state index contributed by atoms with van der Waals surface area (Å²) < 4.78 is 28.1. The van der Waals surface area contributed by atoms with Crippen molar-refractivity contribution in [3.05, 3.63) is 22.2 Å². The summed E-state index contributed by atoms with van der Waals surface area (Å²) in [5.74, 6) is 0. The van der Waals surface area contributed by atoms with Gasteiger partial charge in [-0.05, 0) is 53.4 Å². The molecule has 0 bridgehead atoms. The van der Waals surface area contributed by atoms with Gasteiger partial charge in [-0.15, -0.1) is 0 Å². The lowest BCUT2D eigenvalue weighted by molar-refractivity contribution is 0.551. The monoisotopic (exact) mass is 332 g/mol. The number of anilines is 1. The molecule has 0 radical (unpaired) electrons. The Bertz CT molecular complexity index is 551. The molecule has 0 heterocycles. The van der Waals surface area contributed by atoms with Gasteiger partial charge >= 0.3 is 0 Å². The number of aryl methyl sites for hydroxylation is 1. The van der Waals surface area contributed by atoms with Crippen LogP contribution in [0.3, 0.4) is 0 Å². The molecule has 1 aromatic rings. The number of hydrogen-bond donors (Lipinski definition) is 2. The minimum atomic E-state index is -3.46. The Hall–Kier alpha value is -0.590. The van der Waals surface area contributed by atoms with Crippen LogP contribution in [0, 0.1) is 6.92 Å². The van der Waals surface area contributed by atoms with Crippen molar-refractivity contribution in [2.45, 2.75) is 43.5 Å². The van der Waals surface area contributed by atoms with E-state index in [1.54, 1.807) is 13.0 Å². The van der Waals surface area contributed by atoms with Gasteiger partial charge in [-0.3, -0.25) is 0 Å². The van der Waals surface area contributed by atoms with E-state index in [0.717, 1.165) is 30.2 Å². The first kappa shape index (κ1) is 13.8. The zero-order chi connectivity index (χ0) is 13.3. The Kier molecular flexibility index (Phi) is 3.99. The van der Waals surface area contributed by atoms with Crippen LogP contribution in [0.1, 0.15) is 31.2 Å². The molecular weight excluding hydrogens is 316 g/mol. The summed E-state index contributed by atoms with van der Waals surface area (Å²) in [6.07, 6.45) is 4.03. The average molecular weight is 333 g/mol. The maximum Gasteiger partial charge on any atom is 0.241 e. The highest BCUT2D eigenvalue weighted by molar-refractivity contribution is 9.10. The molecule has 18 heavy (non-hydrogen) atoms. The lowest BCUT2D eigenvalue weighted by Crippen LogP contribution is -2.33. The molecule has 0 saturated heterocycles. The maximum atomic E-state index is 12.3. The molecule has 2 rings (SSSR count). The van der Waals surface area contributed by atoms with Gasteiger partial charge in [-0.2, -0.15) is 0 Å². The van der Waals surface area contributed by atoms with E-state index >= 15 is 0 Å². The van der Waals surface area contributed by atoms with Crippen LogP contribution in [-0.4, -0.2) is 14.5 Å². The van der Waals surface area contributed by atoms with Crippen LogP contribution in [0.25, 0.3) is 0 Å². The fraction of sp³-hybridized carbons (Fsp3) is 0.500. The molecule has 4 nitrogen and oxygen atoms in total. The van der Waals surface area contributed by atoms with Crippen molar-refractivity contribution >= 4 is 31.6 Å². The lowest BCUT2D eigenvalue weighted by Gasteiger charge is -2.15. The van der Waals surface area contributed by atoms with Gasteiger partial charge in [-0.1, -0.05) is 12.8 Å². The number of nitrogens with two attached hydrogens (primary N) is 1.